The molecule has 1 aromatic rings. The van der Waals surface area contributed by atoms with Crippen LogP contribution in [0.5, 0.6) is 0 Å². The molecule has 2 N–H and O–H groups in total. The molecule has 0 unspecified atom stereocenters. The first-order valence-electron chi connectivity index (χ1n) is 4.92. The molecule has 0 radical (unpaired) electrons. The average Bonchev–Trinajstić information content (AvgIpc) is 2.70. The Morgan fingerprint density at radius 1 is 1.22 bits per heavy atom. The molecule has 0 amide bonds. The Labute approximate surface area is 115 Å². The summed E-state index contributed by atoms with van der Waals surface area (Å²) in [6, 6.07) is 0.191. The number of anilines is 1. The smallest absolute Gasteiger partial charge is 0.350 e. The van der Waals surface area contributed by atoms with Crippen LogP contribution in [0.15, 0.2) is 12.4 Å². The van der Waals surface area contributed by atoms with Crippen molar-refractivity contribution in [3.63, 3.8) is 0 Å². The maximum absolute atomic E-state index is 12.2. The number of hydrogen-bond donors (Lipinski definition) is 2. The van der Waals surface area contributed by atoms with E-state index in [1.165, 1.54) is 0 Å². The first-order valence-corrected chi connectivity index (χ1v) is 4.92. The molecule has 1 saturated heterocycles. The Kier molecular flexibility index (Phi) is 6.66. The lowest BCUT2D eigenvalue weighted by molar-refractivity contribution is -0.138. The normalized spacial score (nSPS) is 18.7. The first-order chi connectivity index (χ1) is 7.55. The SMILES string of the molecule is Cl.Cl.FC(F)(F)c1cnc(N[C@@H]2CCNC2)nc1. The van der Waals surface area contributed by atoms with Gasteiger partial charge in [0.05, 0.1) is 5.56 Å². The van der Waals surface area contributed by atoms with Crippen LogP contribution >= 0.6 is 24.8 Å². The Morgan fingerprint density at radius 3 is 2.28 bits per heavy atom. The van der Waals surface area contributed by atoms with Crippen LogP contribution < -0.4 is 10.6 Å². The number of nitrogens with one attached hydrogen (secondary N) is 2. The first kappa shape index (κ1) is 17.2. The Morgan fingerprint density at radius 2 is 1.83 bits per heavy atom. The highest BCUT2D eigenvalue weighted by atomic mass is 35.5. The predicted octanol–water partition coefficient (Wildman–Crippen LogP) is 2.11. The zero-order chi connectivity index (χ0) is 11.6. The molecule has 1 aliphatic heterocycles. The van der Waals surface area contributed by atoms with Gasteiger partial charge < -0.3 is 10.6 Å². The minimum atomic E-state index is -4.38. The van der Waals surface area contributed by atoms with Gasteiger partial charge in [-0.1, -0.05) is 0 Å². The van der Waals surface area contributed by atoms with Gasteiger partial charge in [0.2, 0.25) is 5.95 Å². The zero-order valence-electron chi connectivity index (χ0n) is 9.20. The second kappa shape index (κ2) is 6.96. The second-order valence-corrected chi connectivity index (χ2v) is 3.63. The van der Waals surface area contributed by atoms with Gasteiger partial charge in [-0.15, -0.1) is 24.8 Å². The molecule has 1 aromatic heterocycles. The predicted molar refractivity (Wildman–Crippen MR) is 66.4 cm³/mol. The molecule has 9 heteroatoms. The van der Waals surface area contributed by atoms with Crippen LogP contribution in [0.25, 0.3) is 0 Å². The van der Waals surface area contributed by atoms with E-state index in [-0.39, 0.29) is 36.8 Å². The fraction of sp³-hybridized carbons (Fsp3) is 0.556. The molecule has 4 nitrogen and oxygen atoms in total. The fourth-order valence-corrected chi connectivity index (χ4v) is 1.51. The van der Waals surface area contributed by atoms with Crippen molar-refractivity contribution < 1.29 is 13.2 Å². The summed E-state index contributed by atoms with van der Waals surface area (Å²) in [6.45, 7) is 1.68. The van der Waals surface area contributed by atoms with E-state index in [4.69, 9.17) is 0 Å². The summed E-state index contributed by atoms with van der Waals surface area (Å²) in [7, 11) is 0. The molecular weight excluding hydrogens is 292 g/mol. The minimum absolute atomic E-state index is 0. The van der Waals surface area contributed by atoms with Gasteiger partial charge in [-0.25, -0.2) is 9.97 Å². The lowest BCUT2D eigenvalue weighted by atomic mass is 10.3. The highest BCUT2D eigenvalue weighted by Crippen LogP contribution is 2.28. The highest BCUT2D eigenvalue weighted by Gasteiger charge is 2.31. The van der Waals surface area contributed by atoms with E-state index in [0.29, 0.717) is 0 Å². The molecule has 18 heavy (non-hydrogen) atoms. The number of hydrogen-bond acceptors (Lipinski definition) is 4. The third-order valence-corrected chi connectivity index (χ3v) is 2.37. The van der Waals surface area contributed by atoms with Crippen LogP contribution in [0.3, 0.4) is 0 Å². The molecule has 1 fully saturated rings. The van der Waals surface area contributed by atoms with Crippen molar-refractivity contribution >= 4 is 30.8 Å². The summed E-state index contributed by atoms with van der Waals surface area (Å²) < 4.78 is 36.6. The molecule has 0 aromatic carbocycles. The Balaban J connectivity index is 0.00000144. The summed E-state index contributed by atoms with van der Waals surface area (Å²) >= 11 is 0. The van der Waals surface area contributed by atoms with E-state index in [1.807, 2.05) is 0 Å². The van der Waals surface area contributed by atoms with Gasteiger partial charge in [-0.3, -0.25) is 0 Å². The van der Waals surface area contributed by atoms with Crippen molar-refractivity contribution in [1.29, 1.82) is 0 Å². The number of aromatic nitrogens is 2. The van der Waals surface area contributed by atoms with Gasteiger partial charge in [0.1, 0.15) is 0 Å². The summed E-state index contributed by atoms with van der Waals surface area (Å²) in [6.07, 6.45) is -1.88. The summed E-state index contributed by atoms with van der Waals surface area (Å²) in [5.41, 5.74) is -0.831. The van der Waals surface area contributed by atoms with Gasteiger partial charge in [-0.2, -0.15) is 13.2 Å². The molecule has 0 bridgehead atoms. The fourth-order valence-electron chi connectivity index (χ4n) is 1.51. The molecule has 104 valence electrons. The lowest BCUT2D eigenvalue weighted by Gasteiger charge is -2.11. The van der Waals surface area contributed by atoms with Gasteiger partial charge in [0.15, 0.2) is 0 Å². The van der Waals surface area contributed by atoms with Crippen LogP contribution in [0.2, 0.25) is 0 Å². The van der Waals surface area contributed by atoms with Crippen molar-refractivity contribution in [2.75, 3.05) is 18.4 Å². The second-order valence-electron chi connectivity index (χ2n) is 3.63. The van der Waals surface area contributed by atoms with E-state index in [9.17, 15) is 13.2 Å². The van der Waals surface area contributed by atoms with Crippen LogP contribution in [-0.4, -0.2) is 29.1 Å². The maximum atomic E-state index is 12.2. The largest absolute Gasteiger partial charge is 0.419 e. The average molecular weight is 305 g/mol. The third kappa shape index (κ3) is 4.47. The lowest BCUT2D eigenvalue weighted by Crippen LogP contribution is -2.23. The quantitative estimate of drug-likeness (QED) is 0.879. The number of nitrogens with zero attached hydrogens (tertiary/aromatic N) is 2. The van der Waals surface area contributed by atoms with Gasteiger partial charge in [-0.05, 0) is 13.0 Å². The van der Waals surface area contributed by atoms with E-state index >= 15 is 0 Å². The summed E-state index contributed by atoms with van der Waals surface area (Å²) in [4.78, 5) is 7.28. The molecular formula is C9H13Cl2F3N4. The topological polar surface area (TPSA) is 49.8 Å². The molecule has 2 rings (SSSR count). The van der Waals surface area contributed by atoms with Gasteiger partial charge in [0, 0.05) is 25.0 Å². The number of halogens is 5. The van der Waals surface area contributed by atoms with Crippen molar-refractivity contribution in [2.24, 2.45) is 0 Å². The number of rotatable bonds is 2. The van der Waals surface area contributed by atoms with Crippen LogP contribution in [0.1, 0.15) is 12.0 Å². The summed E-state index contributed by atoms with van der Waals surface area (Å²) in [5.74, 6) is 0.238. The van der Waals surface area contributed by atoms with Crippen LogP contribution in [0, 0.1) is 0 Å². The molecule has 0 aliphatic carbocycles. The van der Waals surface area contributed by atoms with Crippen LogP contribution in [-0.2, 0) is 6.18 Å². The van der Waals surface area contributed by atoms with Gasteiger partial charge in [0.25, 0.3) is 0 Å². The highest BCUT2D eigenvalue weighted by molar-refractivity contribution is 5.85. The molecule has 1 aliphatic rings. The minimum Gasteiger partial charge on any atom is -0.350 e. The summed E-state index contributed by atoms with van der Waals surface area (Å²) in [5, 5.41) is 6.10. The van der Waals surface area contributed by atoms with Crippen LogP contribution in [0.4, 0.5) is 19.1 Å². The van der Waals surface area contributed by atoms with E-state index in [1.54, 1.807) is 0 Å². The number of alkyl halides is 3. The van der Waals surface area contributed by atoms with Crippen molar-refractivity contribution in [2.45, 2.75) is 18.6 Å². The maximum Gasteiger partial charge on any atom is 0.419 e. The van der Waals surface area contributed by atoms with E-state index < -0.39 is 11.7 Å². The van der Waals surface area contributed by atoms with Crippen molar-refractivity contribution in [3.8, 4) is 0 Å². The molecule has 1 atom stereocenters. The van der Waals surface area contributed by atoms with Gasteiger partial charge >= 0.3 is 6.18 Å². The van der Waals surface area contributed by atoms with E-state index in [0.717, 1.165) is 31.9 Å². The Hall–Kier alpha value is -0.790. The standard InChI is InChI=1S/C9H11F3N4.2ClH/c10-9(11,12)6-3-14-8(15-4-6)16-7-1-2-13-5-7;;/h3-4,7,13H,1-2,5H2,(H,14,15,16);2*1H/t7-;;/m1../s1. The monoisotopic (exact) mass is 304 g/mol. The molecule has 0 saturated carbocycles. The van der Waals surface area contributed by atoms with Crippen molar-refractivity contribution in [1.82, 2.24) is 15.3 Å². The molecule has 0 spiro atoms. The zero-order valence-corrected chi connectivity index (χ0v) is 10.8. The Bertz CT molecular complexity index is 352. The van der Waals surface area contributed by atoms with E-state index in [2.05, 4.69) is 20.6 Å². The third-order valence-electron chi connectivity index (χ3n) is 2.37. The molecule has 2 heterocycles. The van der Waals surface area contributed by atoms with Crippen molar-refractivity contribution in [3.05, 3.63) is 18.0 Å².